The molecule has 100 valence electrons. The molecule has 1 aromatic carbocycles. The lowest BCUT2D eigenvalue weighted by Crippen LogP contribution is -2.19. The molecule has 0 saturated heterocycles. The number of ether oxygens (including phenoxy) is 2. The molecular formula is C15H23NO2. The van der Waals surface area contributed by atoms with Crippen LogP contribution >= 0.6 is 0 Å². The molecule has 1 aliphatic carbocycles. The quantitative estimate of drug-likeness (QED) is 0.682. The fraction of sp³-hybridized carbons (Fsp3) is 0.600. The third-order valence-electron chi connectivity index (χ3n) is 2.90. The van der Waals surface area contributed by atoms with Crippen molar-refractivity contribution < 1.29 is 9.47 Å². The molecule has 0 spiro atoms. The highest BCUT2D eigenvalue weighted by Gasteiger charge is 2.19. The third kappa shape index (κ3) is 4.57. The van der Waals surface area contributed by atoms with Gasteiger partial charge in [0.05, 0.1) is 13.2 Å². The van der Waals surface area contributed by atoms with E-state index in [1.54, 1.807) is 0 Å². The van der Waals surface area contributed by atoms with Crippen LogP contribution < -0.4 is 14.8 Å². The van der Waals surface area contributed by atoms with Crippen LogP contribution in [-0.4, -0.2) is 25.8 Å². The van der Waals surface area contributed by atoms with Crippen LogP contribution in [0.4, 0.5) is 0 Å². The van der Waals surface area contributed by atoms with E-state index >= 15 is 0 Å². The molecule has 2 rings (SSSR count). The molecule has 0 unspecified atom stereocenters. The summed E-state index contributed by atoms with van der Waals surface area (Å²) in [5.41, 5.74) is 0. The Labute approximate surface area is 109 Å². The van der Waals surface area contributed by atoms with Gasteiger partial charge in [0.1, 0.15) is 0 Å². The summed E-state index contributed by atoms with van der Waals surface area (Å²) in [5.74, 6) is 1.71. The van der Waals surface area contributed by atoms with Crippen molar-refractivity contribution in [2.75, 3.05) is 19.8 Å². The van der Waals surface area contributed by atoms with E-state index in [9.17, 15) is 0 Å². The first-order valence-electron chi connectivity index (χ1n) is 6.98. The van der Waals surface area contributed by atoms with Gasteiger partial charge in [0, 0.05) is 6.04 Å². The van der Waals surface area contributed by atoms with Crippen molar-refractivity contribution in [2.24, 2.45) is 0 Å². The van der Waals surface area contributed by atoms with Gasteiger partial charge >= 0.3 is 0 Å². The molecule has 1 fully saturated rings. The van der Waals surface area contributed by atoms with Gasteiger partial charge in [-0.15, -0.1) is 0 Å². The molecule has 0 bridgehead atoms. The number of nitrogens with one attached hydrogen (secondary N) is 1. The maximum atomic E-state index is 5.77. The zero-order valence-electron chi connectivity index (χ0n) is 11.2. The van der Waals surface area contributed by atoms with Gasteiger partial charge < -0.3 is 14.8 Å². The molecule has 0 amide bonds. The summed E-state index contributed by atoms with van der Waals surface area (Å²) in [6.07, 6.45) is 4.74. The Bertz CT molecular complexity index is 350. The summed E-state index contributed by atoms with van der Waals surface area (Å²) in [7, 11) is 0. The van der Waals surface area contributed by atoms with Gasteiger partial charge in [0.25, 0.3) is 0 Å². The topological polar surface area (TPSA) is 30.5 Å². The fourth-order valence-corrected chi connectivity index (χ4v) is 1.75. The van der Waals surface area contributed by atoms with Crippen molar-refractivity contribution in [3.63, 3.8) is 0 Å². The molecule has 18 heavy (non-hydrogen) atoms. The molecule has 1 N–H and O–H groups in total. The average molecular weight is 249 g/mol. The highest BCUT2D eigenvalue weighted by atomic mass is 16.5. The summed E-state index contributed by atoms with van der Waals surface area (Å²) >= 11 is 0. The lowest BCUT2D eigenvalue weighted by atomic mass is 10.3. The molecule has 3 nitrogen and oxygen atoms in total. The molecule has 0 heterocycles. The van der Waals surface area contributed by atoms with Crippen molar-refractivity contribution in [3.8, 4) is 11.5 Å². The van der Waals surface area contributed by atoms with Gasteiger partial charge in [-0.2, -0.15) is 0 Å². The number of rotatable bonds is 9. The van der Waals surface area contributed by atoms with Gasteiger partial charge in [-0.1, -0.05) is 19.1 Å². The largest absolute Gasteiger partial charge is 0.490 e. The molecule has 0 radical (unpaired) electrons. The first-order valence-corrected chi connectivity index (χ1v) is 6.98. The van der Waals surface area contributed by atoms with Crippen LogP contribution in [0.3, 0.4) is 0 Å². The monoisotopic (exact) mass is 249 g/mol. The minimum absolute atomic E-state index is 0.740. The SMILES string of the molecule is CCCOc1ccccc1OCCCNC1CC1. The van der Waals surface area contributed by atoms with Crippen LogP contribution in [-0.2, 0) is 0 Å². The van der Waals surface area contributed by atoms with E-state index in [-0.39, 0.29) is 0 Å². The van der Waals surface area contributed by atoms with Gasteiger partial charge in [0.15, 0.2) is 11.5 Å². The molecule has 1 saturated carbocycles. The fourth-order valence-electron chi connectivity index (χ4n) is 1.75. The lowest BCUT2D eigenvalue weighted by molar-refractivity contribution is 0.264. The van der Waals surface area contributed by atoms with Gasteiger partial charge in [-0.05, 0) is 44.4 Å². The normalized spacial score (nSPS) is 14.5. The molecular weight excluding hydrogens is 226 g/mol. The first kappa shape index (κ1) is 13.2. The van der Waals surface area contributed by atoms with Crippen LogP contribution in [0.1, 0.15) is 32.6 Å². The average Bonchev–Trinajstić information content (AvgIpc) is 3.21. The summed E-state index contributed by atoms with van der Waals surface area (Å²) in [4.78, 5) is 0. The summed E-state index contributed by atoms with van der Waals surface area (Å²) in [6.45, 7) is 4.63. The lowest BCUT2D eigenvalue weighted by Gasteiger charge is -2.12. The Balaban J connectivity index is 1.69. The predicted molar refractivity (Wildman–Crippen MR) is 73.4 cm³/mol. The Morgan fingerprint density at radius 2 is 1.78 bits per heavy atom. The third-order valence-corrected chi connectivity index (χ3v) is 2.90. The predicted octanol–water partition coefficient (Wildman–Crippen LogP) is 3.00. The highest BCUT2D eigenvalue weighted by molar-refractivity contribution is 5.39. The van der Waals surface area contributed by atoms with E-state index in [1.807, 2.05) is 24.3 Å². The maximum absolute atomic E-state index is 5.77. The summed E-state index contributed by atoms with van der Waals surface area (Å²) in [5, 5.41) is 3.48. The Kier molecular flexibility index (Phi) is 5.34. The van der Waals surface area contributed by atoms with Crippen LogP contribution in [0.5, 0.6) is 11.5 Å². The van der Waals surface area contributed by atoms with Gasteiger partial charge in [-0.25, -0.2) is 0 Å². The molecule has 3 heteroatoms. The van der Waals surface area contributed by atoms with Crippen molar-refractivity contribution in [3.05, 3.63) is 24.3 Å². The zero-order valence-corrected chi connectivity index (χ0v) is 11.2. The second-order valence-corrected chi connectivity index (χ2v) is 4.73. The minimum atomic E-state index is 0.740. The van der Waals surface area contributed by atoms with Crippen LogP contribution in [0.2, 0.25) is 0 Å². The first-order chi connectivity index (χ1) is 8.90. The van der Waals surface area contributed by atoms with Crippen molar-refractivity contribution in [1.82, 2.24) is 5.32 Å². The van der Waals surface area contributed by atoms with E-state index in [1.165, 1.54) is 12.8 Å². The molecule has 0 aliphatic heterocycles. The Hall–Kier alpha value is -1.22. The zero-order chi connectivity index (χ0) is 12.6. The van der Waals surface area contributed by atoms with E-state index in [2.05, 4.69) is 12.2 Å². The number of hydrogen-bond acceptors (Lipinski definition) is 3. The van der Waals surface area contributed by atoms with E-state index in [0.717, 1.165) is 50.1 Å². The van der Waals surface area contributed by atoms with Crippen molar-refractivity contribution >= 4 is 0 Å². The standard InChI is InChI=1S/C15H23NO2/c1-2-11-17-14-6-3-4-7-15(14)18-12-5-10-16-13-8-9-13/h3-4,6-7,13,16H,2,5,8-12H2,1H3. The molecule has 0 aromatic heterocycles. The van der Waals surface area contributed by atoms with Crippen LogP contribution in [0, 0.1) is 0 Å². The second-order valence-electron chi connectivity index (χ2n) is 4.73. The summed E-state index contributed by atoms with van der Waals surface area (Å²) < 4.78 is 11.4. The number of hydrogen-bond donors (Lipinski definition) is 1. The van der Waals surface area contributed by atoms with Crippen molar-refractivity contribution in [1.29, 1.82) is 0 Å². The highest BCUT2D eigenvalue weighted by Crippen LogP contribution is 2.26. The molecule has 1 aliphatic rings. The Morgan fingerprint density at radius 1 is 1.11 bits per heavy atom. The number of para-hydroxylation sites is 2. The van der Waals surface area contributed by atoms with E-state index in [4.69, 9.17) is 9.47 Å². The van der Waals surface area contributed by atoms with Crippen molar-refractivity contribution in [2.45, 2.75) is 38.6 Å². The second kappa shape index (κ2) is 7.27. The van der Waals surface area contributed by atoms with E-state index in [0.29, 0.717) is 0 Å². The minimum Gasteiger partial charge on any atom is -0.490 e. The number of benzene rings is 1. The molecule has 1 aromatic rings. The van der Waals surface area contributed by atoms with Crippen LogP contribution in [0.25, 0.3) is 0 Å². The van der Waals surface area contributed by atoms with Crippen LogP contribution in [0.15, 0.2) is 24.3 Å². The van der Waals surface area contributed by atoms with Gasteiger partial charge in [-0.3, -0.25) is 0 Å². The smallest absolute Gasteiger partial charge is 0.161 e. The van der Waals surface area contributed by atoms with Gasteiger partial charge in [0.2, 0.25) is 0 Å². The molecule has 0 atom stereocenters. The van der Waals surface area contributed by atoms with E-state index < -0.39 is 0 Å². The maximum Gasteiger partial charge on any atom is 0.161 e. The Morgan fingerprint density at radius 3 is 2.39 bits per heavy atom. The summed E-state index contributed by atoms with van der Waals surface area (Å²) in [6, 6.07) is 8.68.